The fourth-order valence-corrected chi connectivity index (χ4v) is 7.73. The van der Waals surface area contributed by atoms with Crippen LogP contribution in [0.4, 0.5) is 0 Å². The van der Waals surface area contributed by atoms with Gasteiger partial charge in [0.15, 0.2) is 0 Å². The SMILES string of the molecule is CCOC(=O)CC(C(=O)OCC)C(CC[C@@H]1[C@@]2(C)CCCC(C)(C)[C@@H]2CC[C@@]1(C)OCOC)C(=O)OCC. The third-order valence-electron chi connectivity index (χ3n) is 9.37. The van der Waals surface area contributed by atoms with Gasteiger partial charge in [0.25, 0.3) is 0 Å². The lowest BCUT2D eigenvalue weighted by atomic mass is 9.45. The Labute approximate surface area is 229 Å². The van der Waals surface area contributed by atoms with Crippen molar-refractivity contribution in [3.8, 4) is 0 Å². The third kappa shape index (κ3) is 7.50. The van der Waals surface area contributed by atoms with Gasteiger partial charge in [-0.3, -0.25) is 14.4 Å². The lowest BCUT2D eigenvalue weighted by Crippen LogP contribution is -2.58. The van der Waals surface area contributed by atoms with Crippen LogP contribution in [-0.2, 0) is 38.1 Å². The summed E-state index contributed by atoms with van der Waals surface area (Å²) < 4.78 is 27.6. The molecule has 8 nitrogen and oxygen atoms in total. The number of fused-ring (bicyclic) bond motifs is 1. The van der Waals surface area contributed by atoms with E-state index < -0.39 is 35.3 Å². The van der Waals surface area contributed by atoms with Crippen LogP contribution in [0.25, 0.3) is 0 Å². The monoisotopic (exact) mass is 540 g/mol. The van der Waals surface area contributed by atoms with E-state index in [1.54, 1.807) is 27.9 Å². The minimum absolute atomic E-state index is 0.00225. The van der Waals surface area contributed by atoms with Gasteiger partial charge in [-0.1, -0.05) is 27.2 Å². The Bertz CT molecular complexity index is 795. The second kappa shape index (κ2) is 14.1. The Kier molecular flexibility index (Phi) is 12.1. The molecular formula is C30H52O8. The molecule has 0 aromatic heterocycles. The minimum atomic E-state index is -0.964. The normalized spacial score (nSPS) is 30.0. The zero-order valence-corrected chi connectivity index (χ0v) is 25.1. The highest BCUT2D eigenvalue weighted by molar-refractivity contribution is 5.86. The van der Waals surface area contributed by atoms with Crippen molar-refractivity contribution in [3.63, 3.8) is 0 Å². The molecule has 0 heterocycles. The first-order valence-electron chi connectivity index (χ1n) is 14.5. The molecule has 38 heavy (non-hydrogen) atoms. The van der Waals surface area contributed by atoms with E-state index in [0.717, 1.165) is 25.7 Å². The zero-order valence-electron chi connectivity index (χ0n) is 25.1. The van der Waals surface area contributed by atoms with Gasteiger partial charge < -0.3 is 23.7 Å². The van der Waals surface area contributed by atoms with Crippen LogP contribution in [0.1, 0.15) is 99.8 Å². The van der Waals surface area contributed by atoms with Crippen molar-refractivity contribution in [1.82, 2.24) is 0 Å². The molecule has 2 fully saturated rings. The maximum atomic E-state index is 13.3. The van der Waals surface area contributed by atoms with Crippen molar-refractivity contribution >= 4 is 17.9 Å². The van der Waals surface area contributed by atoms with E-state index in [4.69, 9.17) is 23.7 Å². The van der Waals surface area contributed by atoms with Crippen molar-refractivity contribution in [2.75, 3.05) is 33.7 Å². The summed E-state index contributed by atoms with van der Waals surface area (Å²) >= 11 is 0. The van der Waals surface area contributed by atoms with Gasteiger partial charge in [-0.15, -0.1) is 0 Å². The summed E-state index contributed by atoms with van der Waals surface area (Å²) in [7, 11) is 1.63. The number of methoxy groups -OCH3 is 1. The smallest absolute Gasteiger partial charge is 0.310 e. The molecule has 0 aliphatic heterocycles. The van der Waals surface area contributed by atoms with Gasteiger partial charge >= 0.3 is 17.9 Å². The lowest BCUT2D eigenvalue weighted by Gasteiger charge is -2.62. The first-order valence-corrected chi connectivity index (χ1v) is 14.5. The maximum absolute atomic E-state index is 13.3. The number of esters is 3. The van der Waals surface area contributed by atoms with Crippen LogP contribution in [0.5, 0.6) is 0 Å². The van der Waals surface area contributed by atoms with E-state index >= 15 is 0 Å². The fourth-order valence-electron chi connectivity index (χ4n) is 7.73. The molecule has 2 aliphatic rings. The minimum Gasteiger partial charge on any atom is -0.466 e. The number of rotatable bonds is 14. The van der Waals surface area contributed by atoms with E-state index in [9.17, 15) is 14.4 Å². The van der Waals surface area contributed by atoms with Crippen molar-refractivity contribution < 1.29 is 38.1 Å². The average Bonchev–Trinajstić information content (AvgIpc) is 2.83. The van der Waals surface area contributed by atoms with Crippen LogP contribution < -0.4 is 0 Å². The van der Waals surface area contributed by atoms with Gasteiger partial charge in [-0.2, -0.15) is 0 Å². The second-order valence-corrected chi connectivity index (χ2v) is 12.2. The molecule has 0 aromatic carbocycles. The second-order valence-electron chi connectivity index (χ2n) is 12.2. The molecular weight excluding hydrogens is 488 g/mol. The highest BCUT2D eigenvalue weighted by atomic mass is 16.7. The van der Waals surface area contributed by atoms with E-state index in [0.29, 0.717) is 18.8 Å². The molecule has 6 atom stereocenters. The topological polar surface area (TPSA) is 97.4 Å². The Morgan fingerprint density at radius 3 is 2.03 bits per heavy atom. The summed E-state index contributed by atoms with van der Waals surface area (Å²) in [6.07, 6.45) is 6.25. The lowest BCUT2D eigenvalue weighted by molar-refractivity contribution is -0.222. The predicted octanol–water partition coefficient (Wildman–Crippen LogP) is 5.70. The van der Waals surface area contributed by atoms with Crippen LogP contribution in [0.2, 0.25) is 0 Å². The van der Waals surface area contributed by atoms with Gasteiger partial charge in [-0.25, -0.2) is 0 Å². The van der Waals surface area contributed by atoms with Crippen molar-refractivity contribution in [1.29, 1.82) is 0 Å². The molecule has 0 bridgehead atoms. The first kappa shape index (κ1) is 32.5. The number of hydrogen-bond donors (Lipinski definition) is 0. The Morgan fingerprint density at radius 1 is 0.842 bits per heavy atom. The summed E-state index contributed by atoms with van der Waals surface area (Å²) in [5, 5.41) is 0. The standard InChI is InChI=1S/C30H52O8/c1-9-35-25(31)19-22(27(33)37-11-3)21(26(32)36-10-2)13-14-24-29(6)17-12-16-28(4,5)23(29)15-18-30(24,7)38-20-34-8/h21-24H,9-20H2,1-8H3/t21?,22?,23-,24+,29-,30+/m0/s1. The van der Waals surface area contributed by atoms with Gasteiger partial charge in [0, 0.05) is 7.11 Å². The largest absolute Gasteiger partial charge is 0.466 e. The average molecular weight is 541 g/mol. The molecule has 0 saturated heterocycles. The zero-order chi connectivity index (χ0) is 28.6. The number of carbonyl (C=O) groups excluding carboxylic acids is 3. The van der Waals surface area contributed by atoms with E-state index in [2.05, 4.69) is 27.7 Å². The van der Waals surface area contributed by atoms with Gasteiger partial charge in [0.1, 0.15) is 6.79 Å². The summed E-state index contributed by atoms with van der Waals surface area (Å²) in [5.74, 6) is -2.69. The molecule has 2 saturated carbocycles. The molecule has 0 aromatic rings. The molecule has 2 aliphatic carbocycles. The highest BCUT2D eigenvalue weighted by Gasteiger charge is 2.59. The van der Waals surface area contributed by atoms with Crippen LogP contribution in [-0.4, -0.2) is 57.2 Å². The highest BCUT2D eigenvalue weighted by Crippen LogP contribution is 2.63. The molecule has 8 heteroatoms. The van der Waals surface area contributed by atoms with Gasteiger partial charge in [-0.05, 0) is 88.9 Å². The fraction of sp³-hybridized carbons (Fsp3) is 0.900. The Morgan fingerprint density at radius 2 is 1.45 bits per heavy atom. The van der Waals surface area contributed by atoms with Crippen LogP contribution in [0, 0.1) is 34.5 Å². The number of hydrogen-bond acceptors (Lipinski definition) is 8. The van der Waals surface area contributed by atoms with Crippen molar-refractivity contribution in [2.45, 2.75) is 105 Å². The molecule has 2 rings (SSSR count). The van der Waals surface area contributed by atoms with Crippen molar-refractivity contribution in [2.24, 2.45) is 34.5 Å². The number of carbonyl (C=O) groups is 3. The Hall–Kier alpha value is -1.67. The Balaban J connectivity index is 2.44. The molecule has 220 valence electrons. The van der Waals surface area contributed by atoms with Gasteiger partial charge in [0.05, 0.1) is 43.7 Å². The predicted molar refractivity (Wildman–Crippen MR) is 144 cm³/mol. The summed E-state index contributed by atoms with van der Waals surface area (Å²) in [4.78, 5) is 38.8. The third-order valence-corrected chi connectivity index (χ3v) is 9.37. The number of ether oxygens (including phenoxy) is 5. The summed E-state index contributed by atoms with van der Waals surface area (Å²) in [5.41, 5.74) is -0.220. The van der Waals surface area contributed by atoms with Crippen LogP contribution in [0.3, 0.4) is 0 Å². The van der Waals surface area contributed by atoms with Gasteiger partial charge in [0.2, 0.25) is 0 Å². The summed E-state index contributed by atoms with van der Waals surface area (Å²) in [6, 6.07) is 0. The quantitative estimate of drug-likeness (QED) is 0.157. The van der Waals surface area contributed by atoms with E-state index in [-0.39, 0.29) is 49.8 Å². The molecule has 2 unspecified atom stereocenters. The van der Waals surface area contributed by atoms with Crippen LogP contribution in [0.15, 0.2) is 0 Å². The van der Waals surface area contributed by atoms with Crippen LogP contribution >= 0.6 is 0 Å². The summed E-state index contributed by atoms with van der Waals surface area (Å²) in [6.45, 7) is 15.2. The van der Waals surface area contributed by atoms with E-state index in [1.807, 2.05) is 0 Å². The molecule has 0 radical (unpaired) electrons. The molecule has 0 amide bonds. The van der Waals surface area contributed by atoms with Crippen molar-refractivity contribution in [3.05, 3.63) is 0 Å². The maximum Gasteiger partial charge on any atom is 0.310 e. The first-order chi connectivity index (χ1) is 17.9. The molecule has 0 N–H and O–H groups in total. The van der Waals surface area contributed by atoms with E-state index in [1.165, 1.54) is 6.42 Å². The molecule has 0 spiro atoms.